The van der Waals surface area contributed by atoms with E-state index in [1.165, 1.54) is 0 Å². The van der Waals surface area contributed by atoms with E-state index in [1.807, 2.05) is 19.0 Å². The molecule has 18 heavy (non-hydrogen) atoms. The van der Waals surface area contributed by atoms with Crippen molar-refractivity contribution in [3.63, 3.8) is 0 Å². The second-order valence-electron chi connectivity index (χ2n) is 7.17. The van der Waals surface area contributed by atoms with Crippen LogP contribution in [0.15, 0.2) is 0 Å². The van der Waals surface area contributed by atoms with Gasteiger partial charge in [-0.05, 0) is 54.6 Å². The summed E-state index contributed by atoms with van der Waals surface area (Å²) < 4.78 is 5.90. The highest BCUT2D eigenvalue weighted by atomic mass is 16.5. The summed E-state index contributed by atoms with van der Waals surface area (Å²) in [5, 5.41) is 13.5. The fourth-order valence-electron chi connectivity index (χ4n) is 3.07. The molecule has 1 unspecified atom stereocenters. The molecule has 2 N–H and O–H groups in total. The molecule has 1 aliphatic rings. The summed E-state index contributed by atoms with van der Waals surface area (Å²) in [6, 6.07) is 0. The van der Waals surface area contributed by atoms with Gasteiger partial charge < -0.3 is 20.1 Å². The predicted octanol–water partition coefficient (Wildman–Crippen LogP) is 1.23. The number of piperidine rings is 1. The summed E-state index contributed by atoms with van der Waals surface area (Å²) in [5.74, 6) is 0. The van der Waals surface area contributed by atoms with Crippen LogP contribution in [0.4, 0.5) is 0 Å². The quantitative estimate of drug-likeness (QED) is 0.779. The first-order valence-electron chi connectivity index (χ1n) is 6.83. The summed E-state index contributed by atoms with van der Waals surface area (Å²) in [6.07, 6.45) is 1.81. The molecule has 0 aromatic rings. The lowest BCUT2D eigenvalue weighted by Crippen LogP contribution is -2.59. The zero-order valence-corrected chi connectivity index (χ0v) is 12.8. The van der Waals surface area contributed by atoms with Gasteiger partial charge >= 0.3 is 0 Å². The summed E-state index contributed by atoms with van der Waals surface area (Å²) in [4.78, 5) is 1.98. The molecule has 0 bridgehead atoms. The van der Waals surface area contributed by atoms with Gasteiger partial charge in [0, 0.05) is 17.6 Å². The molecule has 4 heteroatoms. The highest BCUT2D eigenvalue weighted by Gasteiger charge is 2.38. The third kappa shape index (κ3) is 5.65. The first-order valence-corrected chi connectivity index (χ1v) is 6.83. The van der Waals surface area contributed by atoms with Crippen LogP contribution in [0.2, 0.25) is 0 Å². The fourth-order valence-corrected chi connectivity index (χ4v) is 3.07. The van der Waals surface area contributed by atoms with E-state index in [0.29, 0.717) is 13.2 Å². The van der Waals surface area contributed by atoms with E-state index in [4.69, 9.17) is 4.74 Å². The van der Waals surface area contributed by atoms with Crippen molar-refractivity contribution in [2.24, 2.45) is 0 Å². The molecule has 1 rings (SSSR count). The molecule has 1 atom stereocenters. The van der Waals surface area contributed by atoms with Gasteiger partial charge in [-0.15, -0.1) is 0 Å². The van der Waals surface area contributed by atoms with Crippen molar-refractivity contribution >= 4 is 0 Å². The van der Waals surface area contributed by atoms with Crippen LogP contribution in [0.1, 0.15) is 40.5 Å². The molecule has 0 radical (unpaired) electrons. The minimum Gasteiger partial charge on any atom is -0.389 e. The molecule has 108 valence electrons. The van der Waals surface area contributed by atoms with Crippen LogP contribution < -0.4 is 5.32 Å². The van der Waals surface area contributed by atoms with Gasteiger partial charge in [-0.25, -0.2) is 0 Å². The average Bonchev–Trinajstić information content (AvgIpc) is 2.08. The SMILES string of the molecule is CN(C)CC(O)COC1CC(C)(C)NC(C)(C)C1. The Labute approximate surface area is 112 Å². The molecule has 0 aromatic heterocycles. The third-order valence-electron chi connectivity index (χ3n) is 3.25. The second-order valence-corrected chi connectivity index (χ2v) is 7.17. The van der Waals surface area contributed by atoms with E-state index in [0.717, 1.165) is 12.8 Å². The molecule has 4 nitrogen and oxygen atoms in total. The molecule has 0 saturated carbocycles. The maximum absolute atomic E-state index is 9.83. The van der Waals surface area contributed by atoms with Crippen molar-refractivity contribution in [1.82, 2.24) is 10.2 Å². The smallest absolute Gasteiger partial charge is 0.0900 e. The molecular formula is C14H30N2O2. The van der Waals surface area contributed by atoms with Gasteiger partial charge in [0.15, 0.2) is 0 Å². The van der Waals surface area contributed by atoms with Crippen molar-refractivity contribution in [1.29, 1.82) is 0 Å². The third-order valence-corrected chi connectivity index (χ3v) is 3.25. The number of likely N-dealkylation sites (N-methyl/N-ethyl adjacent to an activating group) is 1. The van der Waals surface area contributed by atoms with Crippen LogP contribution >= 0.6 is 0 Å². The van der Waals surface area contributed by atoms with Crippen LogP contribution in [0.3, 0.4) is 0 Å². The Kier molecular flexibility index (Phi) is 5.18. The van der Waals surface area contributed by atoms with Gasteiger partial charge in [0.05, 0.1) is 18.8 Å². The van der Waals surface area contributed by atoms with Crippen LogP contribution in [0.25, 0.3) is 0 Å². The van der Waals surface area contributed by atoms with Gasteiger partial charge in [0.2, 0.25) is 0 Å². The van der Waals surface area contributed by atoms with Crippen molar-refractivity contribution < 1.29 is 9.84 Å². The summed E-state index contributed by atoms with van der Waals surface area (Å²) in [6.45, 7) is 9.91. The van der Waals surface area contributed by atoms with E-state index in [1.54, 1.807) is 0 Å². The zero-order valence-electron chi connectivity index (χ0n) is 12.8. The molecule has 0 spiro atoms. The van der Waals surface area contributed by atoms with Crippen molar-refractivity contribution in [2.45, 2.75) is 63.8 Å². The predicted molar refractivity (Wildman–Crippen MR) is 74.8 cm³/mol. The summed E-state index contributed by atoms with van der Waals surface area (Å²) >= 11 is 0. The lowest BCUT2D eigenvalue weighted by molar-refractivity contribution is -0.0581. The van der Waals surface area contributed by atoms with E-state index in [2.05, 4.69) is 33.0 Å². The van der Waals surface area contributed by atoms with Crippen LogP contribution in [0, 0.1) is 0 Å². The maximum atomic E-state index is 9.83. The Hall–Kier alpha value is -0.160. The first kappa shape index (κ1) is 15.9. The summed E-state index contributed by atoms with van der Waals surface area (Å²) in [5.41, 5.74) is 0.192. The molecule has 1 fully saturated rings. The molecular weight excluding hydrogens is 228 g/mol. The maximum Gasteiger partial charge on any atom is 0.0900 e. The molecule has 0 aliphatic carbocycles. The van der Waals surface area contributed by atoms with Crippen molar-refractivity contribution in [3.8, 4) is 0 Å². The number of ether oxygens (including phenoxy) is 1. The minimum atomic E-state index is -0.402. The normalized spacial score (nSPS) is 25.3. The second kappa shape index (κ2) is 5.87. The Morgan fingerprint density at radius 3 is 2.17 bits per heavy atom. The Morgan fingerprint density at radius 2 is 1.72 bits per heavy atom. The first-order chi connectivity index (χ1) is 8.10. The molecule has 1 saturated heterocycles. The van der Waals surface area contributed by atoms with E-state index in [-0.39, 0.29) is 17.2 Å². The van der Waals surface area contributed by atoms with Crippen molar-refractivity contribution in [2.75, 3.05) is 27.2 Å². The number of nitrogens with zero attached hydrogens (tertiary/aromatic N) is 1. The Balaban J connectivity index is 2.42. The largest absolute Gasteiger partial charge is 0.389 e. The standard InChI is InChI=1S/C14H30N2O2/c1-13(2)7-12(8-14(3,4)15-13)18-10-11(17)9-16(5)6/h11-12,15,17H,7-10H2,1-6H3. The highest BCUT2D eigenvalue weighted by Crippen LogP contribution is 2.30. The lowest BCUT2D eigenvalue weighted by Gasteiger charge is -2.46. The number of rotatable bonds is 5. The number of aliphatic hydroxyl groups is 1. The van der Waals surface area contributed by atoms with Gasteiger partial charge in [-0.3, -0.25) is 0 Å². The number of hydrogen-bond acceptors (Lipinski definition) is 4. The number of nitrogens with one attached hydrogen (secondary N) is 1. The number of hydrogen-bond donors (Lipinski definition) is 2. The van der Waals surface area contributed by atoms with Crippen LogP contribution in [0.5, 0.6) is 0 Å². The van der Waals surface area contributed by atoms with E-state index >= 15 is 0 Å². The van der Waals surface area contributed by atoms with Gasteiger partial charge in [-0.2, -0.15) is 0 Å². The summed E-state index contributed by atoms with van der Waals surface area (Å²) in [7, 11) is 3.92. The van der Waals surface area contributed by atoms with Gasteiger partial charge in [0.25, 0.3) is 0 Å². The molecule has 0 amide bonds. The van der Waals surface area contributed by atoms with Crippen LogP contribution in [-0.2, 0) is 4.74 Å². The zero-order chi connectivity index (χ0) is 14.0. The monoisotopic (exact) mass is 258 g/mol. The van der Waals surface area contributed by atoms with Crippen LogP contribution in [-0.4, -0.2) is 60.5 Å². The molecule has 0 aromatic carbocycles. The Bertz CT molecular complexity index is 249. The number of aliphatic hydroxyl groups excluding tert-OH is 1. The van der Waals surface area contributed by atoms with Gasteiger partial charge in [0.1, 0.15) is 0 Å². The Morgan fingerprint density at radius 1 is 1.22 bits per heavy atom. The average molecular weight is 258 g/mol. The topological polar surface area (TPSA) is 44.7 Å². The lowest BCUT2D eigenvalue weighted by atomic mass is 9.81. The minimum absolute atomic E-state index is 0.0961. The van der Waals surface area contributed by atoms with Gasteiger partial charge in [-0.1, -0.05) is 0 Å². The highest BCUT2D eigenvalue weighted by molar-refractivity contribution is 4.97. The van der Waals surface area contributed by atoms with E-state index in [9.17, 15) is 5.11 Å². The molecule has 1 aliphatic heterocycles. The van der Waals surface area contributed by atoms with E-state index < -0.39 is 6.10 Å². The van der Waals surface area contributed by atoms with Crippen molar-refractivity contribution in [3.05, 3.63) is 0 Å². The fraction of sp³-hybridized carbons (Fsp3) is 1.00. The molecule has 1 heterocycles.